The summed E-state index contributed by atoms with van der Waals surface area (Å²) in [5.41, 5.74) is -5.07. The lowest BCUT2D eigenvalue weighted by atomic mass is 9.75. The standard InChI is InChI=1S/C14H15F6O2/c1-12(2,7-13(3,21)14(18,19)20)9-6-8(15)4-5-10(9)22-11(16)17/h4-6,11,21H,3,7H2,1-2H3. The second-order valence-corrected chi connectivity index (χ2v) is 5.61. The Bertz CT molecular complexity index is 523. The third-order valence-electron chi connectivity index (χ3n) is 3.15. The molecule has 0 aliphatic heterocycles. The fraction of sp³-hybridized carbons (Fsp3) is 0.500. The Kier molecular flexibility index (Phi) is 5.06. The number of hydrogen-bond acceptors (Lipinski definition) is 2. The number of rotatable bonds is 5. The van der Waals surface area contributed by atoms with E-state index in [1.807, 2.05) is 0 Å². The van der Waals surface area contributed by atoms with Gasteiger partial charge in [0.15, 0.2) is 5.60 Å². The van der Waals surface area contributed by atoms with Crippen LogP contribution in [-0.2, 0) is 5.41 Å². The van der Waals surface area contributed by atoms with Crippen LogP contribution in [0.25, 0.3) is 0 Å². The largest absolute Gasteiger partial charge is 0.435 e. The quantitative estimate of drug-likeness (QED) is 0.820. The fourth-order valence-corrected chi connectivity index (χ4v) is 2.16. The second kappa shape index (κ2) is 5.98. The summed E-state index contributed by atoms with van der Waals surface area (Å²) >= 11 is 0. The summed E-state index contributed by atoms with van der Waals surface area (Å²) in [6, 6.07) is 2.54. The van der Waals surface area contributed by atoms with E-state index in [4.69, 9.17) is 0 Å². The van der Waals surface area contributed by atoms with Gasteiger partial charge in [-0.1, -0.05) is 13.8 Å². The molecule has 1 radical (unpaired) electrons. The molecular weight excluding hydrogens is 314 g/mol. The predicted octanol–water partition coefficient (Wildman–Crippen LogP) is 4.22. The van der Waals surface area contributed by atoms with Crippen molar-refractivity contribution in [3.8, 4) is 5.75 Å². The summed E-state index contributed by atoms with van der Waals surface area (Å²) < 4.78 is 80.5. The van der Waals surface area contributed by atoms with E-state index in [9.17, 15) is 31.4 Å². The van der Waals surface area contributed by atoms with E-state index in [2.05, 4.69) is 11.7 Å². The van der Waals surface area contributed by atoms with E-state index in [-0.39, 0.29) is 5.56 Å². The average Bonchev–Trinajstić information content (AvgIpc) is 2.27. The van der Waals surface area contributed by atoms with Crippen molar-refractivity contribution >= 4 is 0 Å². The minimum atomic E-state index is -5.03. The van der Waals surface area contributed by atoms with Crippen molar-refractivity contribution in [2.45, 2.75) is 44.1 Å². The first-order valence-corrected chi connectivity index (χ1v) is 6.15. The highest BCUT2D eigenvalue weighted by Gasteiger charge is 2.52. The Labute approximate surface area is 123 Å². The van der Waals surface area contributed by atoms with Gasteiger partial charge in [0.25, 0.3) is 0 Å². The van der Waals surface area contributed by atoms with Gasteiger partial charge in [-0.3, -0.25) is 0 Å². The van der Waals surface area contributed by atoms with Gasteiger partial charge in [-0.25, -0.2) is 4.39 Å². The van der Waals surface area contributed by atoms with Gasteiger partial charge in [-0.05, 0) is 37.0 Å². The molecule has 1 atom stereocenters. The summed E-state index contributed by atoms with van der Waals surface area (Å²) in [5.74, 6) is -1.29. The van der Waals surface area contributed by atoms with Crippen molar-refractivity contribution in [1.82, 2.24) is 0 Å². The van der Waals surface area contributed by atoms with Gasteiger partial charge in [0.2, 0.25) is 0 Å². The van der Waals surface area contributed by atoms with Gasteiger partial charge in [-0.15, -0.1) is 0 Å². The number of halogens is 6. The highest BCUT2D eigenvalue weighted by atomic mass is 19.4. The summed E-state index contributed by atoms with van der Waals surface area (Å²) in [6.45, 7) is 1.97. The maximum atomic E-state index is 13.3. The monoisotopic (exact) mass is 329 g/mol. The zero-order chi connectivity index (χ0) is 17.3. The van der Waals surface area contributed by atoms with Crippen LogP contribution in [0.1, 0.15) is 25.8 Å². The second-order valence-electron chi connectivity index (χ2n) is 5.61. The fourth-order valence-electron chi connectivity index (χ4n) is 2.16. The third kappa shape index (κ3) is 4.28. The molecule has 1 aromatic carbocycles. The van der Waals surface area contributed by atoms with Crippen LogP contribution < -0.4 is 4.74 Å². The van der Waals surface area contributed by atoms with E-state index >= 15 is 0 Å². The average molecular weight is 329 g/mol. The first-order valence-electron chi connectivity index (χ1n) is 6.15. The van der Waals surface area contributed by atoms with E-state index < -0.39 is 41.8 Å². The lowest BCUT2D eigenvalue weighted by Crippen LogP contribution is -2.46. The maximum Gasteiger partial charge on any atom is 0.417 e. The van der Waals surface area contributed by atoms with Gasteiger partial charge in [0.1, 0.15) is 11.6 Å². The molecule has 1 rings (SSSR count). The van der Waals surface area contributed by atoms with Crippen LogP contribution in [0, 0.1) is 12.7 Å². The molecule has 1 N–H and O–H groups in total. The zero-order valence-corrected chi connectivity index (χ0v) is 11.8. The summed E-state index contributed by atoms with van der Waals surface area (Å²) in [7, 11) is 0. The van der Waals surface area contributed by atoms with Crippen molar-refractivity contribution in [2.75, 3.05) is 0 Å². The smallest absolute Gasteiger partial charge is 0.417 e. The molecule has 1 aromatic rings. The van der Waals surface area contributed by atoms with Crippen LogP contribution in [0.2, 0.25) is 0 Å². The van der Waals surface area contributed by atoms with Crippen LogP contribution in [0.15, 0.2) is 18.2 Å². The molecule has 0 aliphatic rings. The molecule has 0 bridgehead atoms. The topological polar surface area (TPSA) is 29.5 Å². The van der Waals surface area contributed by atoms with Crippen molar-refractivity contribution < 1.29 is 36.2 Å². The van der Waals surface area contributed by atoms with Crippen LogP contribution in [0.4, 0.5) is 26.3 Å². The third-order valence-corrected chi connectivity index (χ3v) is 3.15. The van der Waals surface area contributed by atoms with Crippen LogP contribution in [0.3, 0.4) is 0 Å². The molecule has 0 aliphatic carbocycles. The molecule has 0 saturated carbocycles. The van der Waals surface area contributed by atoms with Crippen LogP contribution >= 0.6 is 0 Å². The molecule has 0 aromatic heterocycles. The van der Waals surface area contributed by atoms with Gasteiger partial charge >= 0.3 is 12.8 Å². The number of hydrogen-bond donors (Lipinski definition) is 1. The van der Waals surface area contributed by atoms with Crippen molar-refractivity contribution in [1.29, 1.82) is 0 Å². The number of benzene rings is 1. The number of alkyl halides is 5. The van der Waals surface area contributed by atoms with Crippen LogP contribution in [0.5, 0.6) is 5.75 Å². The van der Waals surface area contributed by atoms with Gasteiger partial charge in [0.05, 0.1) is 0 Å². The zero-order valence-electron chi connectivity index (χ0n) is 11.8. The molecule has 1 unspecified atom stereocenters. The Morgan fingerprint density at radius 2 is 1.77 bits per heavy atom. The molecule has 22 heavy (non-hydrogen) atoms. The Hall–Kier alpha value is -1.44. The normalized spacial score (nSPS) is 15.8. The van der Waals surface area contributed by atoms with Crippen molar-refractivity contribution in [2.24, 2.45) is 0 Å². The molecule has 0 fully saturated rings. The molecule has 8 heteroatoms. The number of ether oxygens (including phenoxy) is 1. The van der Waals surface area contributed by atoms with Crippen LogP contribution in [-0.4, -0.2) is 23.5 Å². The highest BCUT2D eigenvalue weighted by Crippen LogP contribution is 2.43. The first kappa shape index (κ1) is 18.6. The molecule has 0 heterocycles. The lowest BCUT2D eigenvalue weighted by Gasteiger charge is -2.36. The summed E-state index contributed by atoms with van der Waals surface area (Å²) in [4.78, 5) is 0. The van der Waals surface area contributed by atoms with Crippen molar-refractivity contribution in [3.05, 3.63) is 36.5 Å². The predicted molar refractivity (Wildman–Crippen MR) is 67.0 cm³/mol. The minimum Gasteiger partial charge on any atom is -0.435 e. The molecule has 0 spiro atoms. The first-order chi connectivity index (χ1) is 9.76. The highest BCUT2D eigenvalue weighted by molar-refractivity contribution is 5.40. The number of aliphatic hydroxyl groups is 1. The Balaban J connectivity index is 3.24. The molecule has 0 saturated heterocycles. The lowest BCUT2D eigenvalue weighted by molar-refractivity contribution is -0.247. The SMILES string of the molecule is [CH2]C(O)(CC(C)(C)c1cc(F)ccc1OC(F)F)C(F)(F)F. The van der Waals surface area contributed by atoms with E-state index in [1.165, 1.54) is 13.8 Å². The van der Waals surface area contributed by atoms with Gasteiger partial charge in [0, 0.05) is 5.56 Å². The molecule has 125 valence electrons. The Morgan fingerprint density at radius 1 is 1.23 bits per heavy atom. The molecular formula is C14H15F6O2. The van der Waals surface area contributed by atoms with E-state index in [0.717, 1.165) is 18.2 Å². The molecule has 0 amide bonds. The van der Waals surface area contributed by atoms with E-state index in [1.54, 1.807) is 0 Å². The summed E-state index contributed by atoms with van der Waals surface area (Å²) in [5, 5.41) is 9.47. The molecule has 2 nitrogen and oxygen atoms in total. The maximum absolute atomic E-state index is 13.3. The van der Waals surface area contributed by atoms with E-state index in [0.29, 0.717) is 0 Å². The van der Waals surface area contributed by atoms with Gasteiger partial charge in [-0.2, -0.15) is 22.0 Å². The Morgan fingerprint density at radius 3 is 2.23 bits per heavy atom. The summed E-state index contributed by atoms with van der Waals surface area (Å²) in [6.07, 6.45) is -5.99. The van der Waals surface area contributed by atoms with Crippen molar-refractivity contribution in [3.63, 3.8) is 0 Å². The van der Waals surface area contributed by atoms with Gasteiger partial charge < -0.3 is 9.84 Å². The minimum absolute atomic E-state index is 0.223.